The molecule has 0 radical (unpaired) electrons. The molecular weight excluding hydrogens is 303 g/mol. The molecule has 0 aliphatic carbocycles. The van der Waals surface area contributed by atoms with E-state index in [2.05, 4.69) is 10.3 Å². The molecule has 0 saturated heterocycles. The van der Waals surface area contributed by atoms with E-state index in [4.69, 9.17) is 9.84 Å². The lowest BCUT2D eigenvalue weighted by Gasteiger charge is -2.23. The van der Waals surface area contributed by atoms with E-state index in [1.54, 1.807) is 17.8 Å². The molecule has 2 unspecified atom stereocenters. The number of hydrogen-bond acceptors (Lipinski definition) is 5. The van der Waals surface area contributed by atoms with Crippen molar-refractivity contribution in [3.05, 3.63) is 35.1 Å². The van der Waals surface area contributed by atoms with Crippen molar-refractivity contribution in [1.82, 2.24) is 5.32 Å². The van der Waals surface area contributed by atoms with E-state index in [0.29, 0.717) is 23.6 Å². The van der Waals surface area contributed by atoms with Crippen LogP contribution in [0.4, 0.5) is 4.39 Å². The number of nitrogens with zero attached hydrogens (tertiary/aromatic N) is 1. The van der Waals surface area contributed by atoms with E-state index in [9.17, 15) is 4.39 Å². The van der Waals surface area contributed by atoms with E-state index >= 15 is 0 Å². The average molecular weight is 326 g/mol. The SMILES string of the molecule is CCO[C@@H](C)C1SC(c2ccc(CCO)cc2F)=NC1NC. The molecule has 2 rings (SSSR count). The van der Waals surface area contributed by atoms with Crippen molar-refractivity contribution in [2.45, 2.75) is 37.8 Å². The van der Waals surface area contributed by atoms with Crippen LogP contribution in [0.1, 0.15) is 25.0 Å². The molecule has 0 fully saturated rings. The Morgan fingerprint density at radius 1 is 1.50 bits per heavy atom. The van der Waals surface area contributed by atoms with E-state index in [0.717, 1.165) is 5.56 Å². The highest BCUT2D eigenvalue weighted by molar-refractivity contribution is 8.15. The minimum absolute atomic E-state index is 0.0181. The summed E-state index contributed by atoms with van der Waals surface area (Å²) in [5.74, 6) is -0.295. The van der Waals surface area contributed by atoms with Crippen LogP contribution in [-0.2, 0) is 11.2 Å². The van der Waals surface area contributed by atoms with Gasteiger partial charge in [0.2, 0.25) is 0 Å². The summed E-state index contributed by atoms with van der Waals surface area (Å²) in [6.45, 7) is 4.65. The number of hydrogen-bond donors (Lipinski definition) is 2. The summed E-state index contributed by atoms with van der Waals surface area (Å²) in [6, 6.07) is 5.06. The Kier molecular flexibility index (Phi) is 6.37. The predicted octanol–water partition coefficient (Wildman–Crippen LogP) is 2.19. The van der Waals surface area contributed by atoms with Crippen LogP contribution in [0.25, 0.3) is 0 Å². The number of halogens is 1. The molecule has 122 valence electrons. The molecule has 1 aromatic rings. The second kappa shape index (κ2) is 8.06. The van der Waals surface area contributed by atoms with Gasteiger partial charge in [-0.3, -0.25) is 10.3 Å². The molecule has 1 aliphatic rings. The van der Waals surface area contributed by atoms with Gasteiger partial charge in [-0.05, 0) is 45.0 Å². The standard InChI is InChI=1S/C16H23FN2O2S/c1-4-21-10(2)14-15(18-3)19-16(22-14)12-6-5-11(7-8-20)9-13(12)17/h5-6,9-10,14-15,18,20H,4,7-8H2,1-3H3/t10-,14?,15?/m0/s1. The molecule has 0 saturated carbocycles. The molecule has 2 N–H and O–H groups in total. The number of nitrogens with one attached hydrogen (secondary N) is 1. The number of aliphatic hydroxyl groups is 1. The van der Waals surface area contributed by atoms with Crippen LogP contribution >= 0.6 is 11.8 Å². The van der Waals surface area contributed by atoms with Gasteiger partial charge in [0.25, 0.3) is 0 Å². The average Bonchev–Trinajstić information content (AvgIpc) is 2.92. The first-order valence-electron chi connectivity index (χ1n) is 7.53. The van der Waals surface area contributed by atoms with Crippen molar-refractivity contribution in [3.8, 4) is 0 Å². The first kappa shape index (κ1) is 17.4. The van der Waals surface area contributed by atoms with Gasteiger partial charge in [-0.25, -0.2) is 4.39 Å². The lowest BCUT2D eigenvalue weighted by atomic mass is 10.1. The number of rotatable bonds is 7. The van der Waals surface area contributed by atoms with Gasteiger partial charge in [-0.15, -0.1) is 0 Å². The molecule has 0 spiro atoms. The summed E-state index contributed by atoms with van der Waals surface area (Å²) in [5, 5.41) is 12.9. The van der Waals surface area contributed by atoms with Gasteiger partial charge >= 0.3 is 0 Å². The molecule has 6 heteroatoms. The Balaban J connectivity index is 2.19. The smallest absolute Gasteiger partial charge is 0.133 e. The largest absolute Gasteiger partial charge is 0.396 e. The number of ether oxygens (including phenoxy) is 1. The Bertz CT molecular complexity index is 539. The van der Waals surface area contributed by atoms with Gasteiger partial charge in [0.15, 0.2) is 0 Å². The molecule has 1 heterocycles. The minimum atomic E-state index is -0.295. The van der Waals surface area contributed by atoms with Gasteiger partial charge in [-0.1, -0.05) is 17.8 Å². The van der Waals surface area contributed by atoms with E-state index in [-0.39, 0.29) is 29.9 Å². The van der Waals surface area contributed by atoms with E-state index in [1.807, 2.05) is 27.0 Å². The quantitative estimate of drug-likeness (QED) is 0.806. The Morgan fingerprint density at radius 2 is 2.27 bits per heavy atom. The van der Waals surface area contributed by atoms with Crippen LogP contribution in [0.5, 0.6) is 0 Å². The zero-order chi connectivity index (χ0) is 16.1. The van der Waals surface area contributed by atoms with Gasteiger partial charge in [0.05, 0.1) is 11.4 Å². The zero-order valence-electron chi connectivity index (χ0n) is 13.2. The molecule has 22 heavy (non-hydrogen) atoms. The van der Waals surface area contributed by atoms with Crippen molar-refractivity contribution >= 4 is 16.8 Å². The lowest BCUT2D eigenvalue weighted by molar-refractivity contribution is 0.0692. The van der Waals surface area contributed by atoms with Gasteiger partial charge < -0.3 is 9.84 Å². The van der Waals surface area contributed by atoms with E-state index < -0.39 is 0 Å². The lowest BCUT2D eigenvalue weighted by Crippen LogP contribution is -2.39. The number of aliphatic hydroxyl groups excluding tert-OH is 1. The number of benzene rings is 1. The fraction of sp³-hybridized carbons (Fsp3) is 0.562. The maximum absolute atomic E-state index is 14.3. The third-order valence-electron chi connectivity index (χ3n) is 3.67. The van der Waals surface area contributed by atoms with Crippen molar-refractivity contribution in [1.29, 1.82) is 0 Å². The summed E-state index contributed by atoms with van der Waals surface area (Å²) in [5.41, 5.74) is 1.30. The van der Waals surface area contributed by atoms with Crippen molar-refractivity contribution in [3.63, 3.8) is 0 Å². The molecular formula is C16H23FN2O2S. The highest BCUT2D eigenvalue weighted by atomic mass is 32.2. The summed E-state index contributed by atoms with van der Waals surface area (Å²) in [6.07, 6.45) is 0.406. The fourth-order valence-electron chi connectivity index (χ4n) is 2.51. The van der Waals surface area contributed by atoms with Gasteiger partial charge in [0, 0.05) is 18.8 Å². The maximum atomic E-state index is 14.3. The maximum Gasteiger partial charge on any atom is 0.133 e. The molecule has 4 nitrogen and oxygen atoms in total. The van der Waals surface area contributed by atoms with Crippen LogP contribution in [0, 0.1) is 5.82 Å². The van der Waals surface area contributed by atoms with Gasteiger partial charge in [0.1, 0.15) is 17.0 Å². The molecule has 0 amide bonds. The molecule has 0 aromatic heterocycles. The Hall–Kier alpha value is -0.950. The summed E-state index contributed by atoms with van der Waals surface area (Å²) in [4.78, 5) is 4.60. The van der Waals surface area contributed by atoms with Crippen LogP contribution in [0.15, 0.2) is 23.2 Å². The molecule has 1 aliphatic heterocycles. The zero-order valence-corrected chi connectivity index (χ0v) is 14.0. The van der Waals surface area contributed by atoms with E-state index in [1.165, 1.54) is 6.07 Å². The molecule has 3 atom stereocenters. The van der Waals surface area contributed by atoms with Crippen molar-refractivity contribution in [2.75, 3.05) is 20.3 Å². The predicted molar refractivity (Wildman–Crippen MR) is 89.0 cm³/mol. The van der Waals surface area contributed by atoms with Crippen LogP contribution < -0.4 is 5.32 Å². The molecule has 0 bridgehead atoms. The summed E-state index contributed by atoms with van der Waals surface area (Å²) < 4.78 is 20.0. The van der Waals surface area contributed by atoms with Crippen LogP contribution in [0.2, 0.25) is 0 Å². The first-order chi connectivity index (χ1) is 10.6. The summed E-state index contributed by atoms with van der Waals surface area (Å²) >= 11 is 1.55. The summed E-state index contributed by atoms with van der Waals surface area (Å²) in [7, 11) is 1.85. The normalized spacial score (nSPS) is 22.7. The van der Waals surface area contributed by atoms with Crippen LogP contribution in [0.3, 0.4) is 0 Å². The van der Waals surface area contributed by atoms with Crippen molar-refractivity contribution < 1.29 is 14.2 Å². The van der Waals surface area contributed by atoms with Gasteiger partial charge in [-0.2, -0.15) is 0 Å². The number of thioether (sulfide) groups is 1. The van der Waals surface area contributed by atoms with Crippen molar-refractivity contribution in [2.24, 2.45) is 4.99 Å². The highest BCUT2D eigenvalue weighted by Crippen LogP contribution is 2.33. The second-order valence-corrected chi connectivity index (χ2v) is 6.37. The number of aliphatic imine (C=N–C) groups is 1. The monoisotopic (exact) mass is 326 g/mol. The topological polar surface area (TPSA) is 53.9 Å². The first-order valence-corrected chi connectivity index (χ1v) is 8.41. The third-order valence-corrected chi connectivity index (χ3v) is 5.13. The van der Waals surface area contributed by atoms with Crippen LogP contribution in [-0.4, -0.2) is 47.9 Å². The third kappa shape index (κ3) is 3.87. The second-order valence-electron chi connectivity index (χ2n) is 5.20. The Labute approximate surface area is 135 Å². The minimum Gasteiger partial charge on any atom is -0.396 e. The highest BCUT2D eigenvalue weighted by Gasteiger charge is 2.35. The molecule has 1 aromatic carbocycles. The fourth-order valence-corrected chi connectivity index (χ4v) is 3.83. The Morgan fingerprint density at radius 3 is 2.86 bits per heavy atom.